The summed E-state index contributed by atoms with van der Waals surface area (Å²) in [5.41, 5.74) is 2.47. The van der Waals surface area contributed by atoms with Crippen LogP contribution < -0.4 is 0 Å². The number of carbonyl (C=O) groups excluding carboxylic acids is 1. The minimum absolute atomic E-state index is 0.0596. The number of hydrogen-bond donors (Lipinski definition) is 0. The lowest BCUT2D eigenvalue weighted by Crippen LogP contribution is -2.50. The van der Waals surface area contributed by atoms with Crippen LogP contribution in [-0.4, -0.2) is 52.9 Å². The number of piperazine rings is 1. The van der Waals surface area contributed by atoms with Crippen molar-refractivity contribution in [3.63, 3.8) is 0 Å². The van der Waals surface area contributed by atoms with Gasteiger partial charge in [-0.1, -0.05) is 0 Å². The Hall–Kier alpha value is -1.79. The first-order valence-corrected chi connectivity index (χ1v) is 9.45. The smallest absolute Gasteiger partial charge is 0.265 e. The summed E-state index contributed by atoms with van der Waals surface area (Å²) in [7, 11) is 0. The molecule has 2 heterocycles. The van der Waals surface area contributed by atoms with Crippen LogP contribution >= 0.6 is 11.3 Å². The molecular formula is C19H24FN3OS. The molecule has 1 aromatic heterocycles. The van der Waals surface area contributed by atoms with Crippen LogP contribution in [0.15, 0.2) is 18.2 Å². The Bertz CT molecular complexity index is 779. The van der Waals surface area contributed by atoms with Crippen LogP contribution in [0.3, 0.4) is 0 Å². The van der Waals surface area contributed by atoms with Crippen LogP contribution in [0.4, 0.5) is 4.39 Å². The molecule has 4 nitrogen and oxygen atoms in total. The van der Waals surface area contributed by atoms with Gasteiger partial charge in [0, 0.05) is 37.8 Å². The number of aromatic nitrogens is 1. The molecular weight excluding hydrogens is 337 g/mol. The van der Waals surface area contributed by atoms with Gasteiger partial charge in [0.25, 0.3) is 5.91 Å². The van der Waals surface area contributed by atoms with Gasteiger partial charge in [-0.05, 0) is 51.5 Å². The molecule has 25 heavy (non-hydrogen) atoms. The molecule has 6 heteroatoms. The largest absolute Gasteiger partial charge is 0.335 e. The van der Waals surface area contributed by atoms with Crippen LogP contribution in [0.25, 0.3) is 10.6 Å². The minimum Gasteiger partial charge on any atom is -0.335 e. The monoisotopic (exact) mass is 361 g/mol. The highest BCUT2D eigenvalue weighted by molar-refractivity contribution is 7.17. The number of aryl methyl sites for hydroxylation is 2. The SMILES string of the molecule is Cc1cc(F)ccc1-c1nc(C)c(C(=O)N2CCN(C(C)C)CC2)s1. The van der Waals surface area contributed by atoms with Crippen molar-refractivity contribution in [3.05, 3.63) is 40.2 Å². The molecule has 2 aromatic rings. The number of amides is 1. The summed E-state index contributed by atoms with van der Waals surface area (Å²) in [4.78, 5) is 22.5. The first kappa shape index (κ1) is 18.0. The van der Waals surface area contributed by atoms with Crippen LogP contribution in [0, 0.1) is 19.7 Å². The maximum Gasteiger partial charge on any atom is 0.265 e. The Labute approximate surface area is 152 Å². The molecule has 0 N–H and O–H groups in total. The molecule has 1 aliphatic heterocycles. The van der Waals surface area contributed by atoms with Crippen molar-refractivity contribution in [2.75, 3.05) is 26.2 Å². The van der Waals surface area contributed by atoms with Gasteiger partial charge in [-0.2, -0.15) is 0 Å². The summed E-state index contributed by atoms with van der Waals surface area (Å²) in [5.74, 6) is -0.196. The molecule has 1 amide bonds. The summed E-state index contributed by atoms with van der Waals surface area (Å²) in [6, 6.07) is 5.18. The summed E-state index contributed by atoms with van der Waals surface area (Å²) >= 11 is 1.40. The van der Waals surface area contributed by atoms with Gasteiger partial charge in [0.05, 0.1) is 5.69 Å². The van der Waals surface area contributed by atoms with E-state index in [1.807, 2.05) is 18.7 Å². The van der Waals surface area contributed by atoms with E-state index in [4.69, 9.17) is 0 Å². The number of rotatable bonds is 3. The lowest BCUT2D eigenvalue weighted by Gasteiger charge is -2.36. The molecule has 0 aliphatic carbocycles. The first-order chi connectivity index (χ1) is 11.9. The molecule has 1 saturated heterocycles. The van der Waals surface area contributed by atoms with E-state index in [0.29, 0.717) is 10.9 Å². The van der Waals surface area contributed by atoms with Gasteiger partial charge in [0.1, 0.15) is 15.7 Å². The normalized spacial score (nSPS) is 15.8. The van der Waals surface area contributed by atoms with Crippen LogP contribution in [0.1, 0.15) is 34.8 Å². The number of hydrogen-bond acceptors (Lipinski definition) is 4. The lowest BCUT2D eigenvalue weighted by atomic mass is 10.1. The quantitative estimate of drug-likeness (QED) is 0.836. The fourth-order valence-electron chi connectivity index (χ4n) is 3.16. The van der Waals surface area contributed by atoms with Crippen molar-refractivity contribution in [3.8, 4) is 10.6 Å². The maximum absolute atomic E-state index is 13.3. The highest BCUT2D eigenvalue weighted by Gasteiger charge is 2.26. The van der Waals surface area contributed by atoms with E-state index in [-0.39, 0.29) is 11.7 Å². The van der Waals surface area contributed by atoms with Crippen molar-refractivity contribution in [2.24, 2.45) is 0 Å². The first-order valence-electron chi connectivity index (χ1n) is 8.64. The van der Waals surface area contributed by atoms with Gasteiger partial charge in [-0.3, -0.25) is 9.69 Å². The van der Waals surface area contributed by atoms with E-state index in [2.05, 4.69) is 23.7 Å². The van der Waals surface area contributed by atoms with E-state index in [1.54, 1.807) is 6.07 Å². The second-order valence-corrected chi connectivity index (χ2v) is 7.81. The van der Waals surface area contributed by atoms with Gasteiger partial charge >= 0.3 is 0 Å². The van der Waals surface area contributed by atoms with E-state index in [9.17, 15) is 9.18 Å². The average molecular weight is 361 g/mol. The lowest BCUT2D eigenvalue weighted by molar-refractivity contribution is 0.0599. The van der Waals surface area contributed by atoms with Gasteiger partial charge in [-0.25, -0.2) is 9.37 Å². The van der Waals surface area contributed by atoms with E-state index < -0.39 is 0 Å². The van der Waals surface area contributed by atoms with E-state index in [1.165, 1.54) is 23.5 Å². The zero-order valence-electron chi connectivity index (χ0n) is 15.2. The highest BCUT2D eigenvalue weighted by atomic mass is 32.1. The number of halogens is 1. The Morgan fingerprint density at radius 2 is 1.88 bits per heavy atom. The third kappa shape index (κ3) is 3.75. The summed E-state index contributed by atoms with van der Waals surface area (Å²) in [6.45, 7) is 11.4. The van der Waals surface area contributed by atoms with Crippen molar-refractivity contribution in [2.45, 2.75) is 33.7 Å². The third-order valence-corrected chi connectivity index (χ3v) is 5.92. The van der Waals surface area contributed by atoms with Gasteiger partial charge in [0.2, 0.25) is 0 Å². The van der Waals surface area contributed by atoms with Gasteiger partial charge in [0.15, 0.2) is 0 Å². The Morgan fingerprint density at radius 1 is 1.20 bits per heavy atom. The van der Waals surface area contributed by atoms with Crippen LogP contribution in [0.2, 0.25) is 0 Å². The molecule has 3 rings (SSSR count). The molecule has 134 valence electrons. The summed E-state index contributed by atoms with van der Waals surface area (Å²) < 4.78 is 13.3. The zero-order chi connectivity index (χ0) is 18.1. The second-order valence-electron chi connectivity index (χ2n) is 6.81. The molecule has 1 aromatic carbocycles. The summed E-state index contributed by atoms with van der Waals surface area (Å²) in [6.07, 6.45) is 0. The molecule has 0 bridgehead atoms. The molecule has 0 spiro atoms. The fourth-order valence-corrected chi connectivity index (χ4v) is 4.29. The number of nitrogens with zero attached hydrogens (tertiary/aromatic N) is 3. The van der Waals surface area contributed by atoms with E-state index >= 15 is 0 Å². The predicted molar refractivity (Wildman–Crippen MR) is 99.6 cm³/mol. The third-order valence-electron chi connectivity index (χ3n) is 4.74. The molecule has 1 fully saturated rings. The molecule has 0 radical (unpaired) electrons. The maximum atomic E-state index is 13.3. The standard InChI is InChI=1S/C19H24FN3OS/c1-12(2)22-7-9-23(10-8-22)19(24)17-14(4)21-18(25-17)16-6-5-15(20)11-13(16)3/h5-6,11-12H,7-10H2,1-4H3. The number of thiazole rings is 1. The predicted octanol–water partition coefficient (Wildman–Crippen LogP) is 3.73. The Balaban J connectivity index is 1.80. The zero-order valence-corrected chi connectivity index (χ0v) is 16.0. The molecule has 0 saturated carbocycles. The van der Waals surface area contributed by atoms with Crippen molar-refractivity contribution in [1.82, 2.24) is 14.8 Å². The van der Waals surface area contributed by atoms with Crippen LogP contribution in [0.5, 0.6) is 0 Å². The Morgan fingerprint density at radius 3 is 2.48 bits per heavy atom. The highest BCUT2D eigenvalue weighted by Crippen LogP contribution is 2.31. The van der Waals surface area contributed by atoms with Crippen molar-refractivity contribution >= 4 is 17.2 Å². The Kier molecular flexibility index (Phi) is 5.20. The number of benzene rings is 1. The van der Waals surface area contributed by atoms with Gasteiger partial charge < -0.3 is 4.90 Å². The van der Waals surface area contributed by atoms with Crippen molar-refractivity contribution < 1.29 is 9.18 Å². The second kappa shape index (κ2) is 7.22. The average Bonchev–Trinajstić information content (AvgIpc) is 2.95. The van der Waals surface area contributed by atoms with Crippen LogP contribution in [-0.2, 0) is 0 Å². The fraction of sp³-hybridized carbons (Fsp3) is 0.474. The van der Waals surface area contributed by atoms with Gasteiger partial charge in [-0.15, -0.1) is 11.3 Å². The minimum atomic E-state index is -0.256. The van der Waals surface area contributed by atoms with Crippen molar-refractivity contribution in [1.29, 1.82) is 0 Å². The molecule has 0 atom stereocenters. The topological polar surface area (TPSA) is 36.4 Å². The van der Waals surface area contributed by atoms with E-state index in [0.717, 1.165) is 48.0 Å². The summed E-state index contributed by atoms with van der Waals surface area (Å²) in [5, 5.41) is 0.777. The number of carbonyl (C=O) groups is 1. The molecule has 0 unspecified atom stereocenters. The molecule has 1 aliphatic rings.